The van der Waals surface area contributed by atoms with Crippen molar-refractivity contribution in [2.45, 2.75) is 20.0 Å². The first-order valence-electron chi connectivity index (χ1n) is 10.5. The largest absolute Gasteiger partial charge is 0.493 e. The molecular formula is C26H23BrN2O3S. The lowest BCUT2D eigenvalue weighted by Gasteiger charge is -2.13. The van der Waals surface area contributed by atoms with Crippen molar-refractivity contribution in [3.8, 4) is 11.5 Å². The van der Waals surface area contributed by atoms with Gasteiger partial charge in [0, 0.05) is 0 Å². The smallest absolute Gasteiger partial charge is 0.264 e. The monoisotopic (exact) mass is 522 g/mol. The average molecular weight is 523 g/mol. The molecule has 1 amide bonds. The van der Waals surface area contributed by atoms with Crippen LogP contribution in [0.1, 0.15) is 23.6 Å². The second-order valence-electron chi connectivity index (χ2n) is 7.31. The molecule has 4 rings (SSSR count). The maximum atomic E-state index is 12.5. The summed E-state index contributed by atoms with van der Waals surface area (Å²) >= 11 is 4.89. The normalized spacial score (nSPS) is 15.7. The summed E-state index contributed by atoms with van der Waals surface area (Å²) in [4.78, 5) is 17.6. The van der Waals surface area contributed by atoms with Crippen LogP contribution in [-0.2, 0) is 17.8 Å². The minimum atomic E-state index is -0.177. The summed E-state index contributed by atoms with van der Waals surface area (Å²) < 4.78 is 12.3. The Bertz CT molecular complexity index is 1210. The molecule has 1 fully saturated rings. The van der Waals surface area contributed by atoms with Crippen molar-refractivity contribution in [2.75, 3.05) is 7.11 Å². The Morgan fingerprint density at radius 1 is 1.06 bits per heavy atom. The third-order valence-electron chi connectivity index (χ3n) is 5.00. The van der Waals surface area contributed by atoms with Crippen LogP contribution < -0.4 is 14.8 Å². The Morgan fingerprint density at radius 3 is 2.52 bits per heavy atom. The molecule has 0 bridgehead atoms. The number of nitrogens with one attached hydrogen (secondary N) is 1. The van der Waals surface area contributed by atoms with Crippen LogP contribution in [-0.4, -0.2) is 18.2 Å². The van der Waals surface area contributed by atoms with Crippen LogP contribution in [0.2, 0.25) is 0 Å². The molecule has 0 unspecified atom stereocenters. The SMILES string of the molecule is CCc1ccc(N=C2NC(=O)/C(=C/c3cc(Br)c(OCc4ccccc4)c(OC)c3)S2)cc1. The van der Waals surface area contributed by atoms with Crippen LogP contribution in [0, 0.1) is 0 Å². The highest BCUT2D eigenvalue weighted by atomic mass is 79.9. The molecule has 1 N–H and O–H groups in total. The van der Waals surface area contributed by atoms with Gasteiger partial charge in [-0.25, -0.2) is 4.99 Å². The van der Waals surface area contributed by atoms with Gasteiger partial charge in [0.25, 0.3) is 5.91 Å². The topological polar surface area (TPSA) is 59.9 Å². The molecule has 0 radical (unpaired) electrons. The fourth-order valence-electron chi connectivity index (χ4n) is 3.25. The summed E-state index contributed by atoms with van der Waals surface area (Å²) in [5, 5.41) is 3.39. The number of amides is 1. The van der Waals surface area contributed by atoms with Crippen molar-refractivity contribution in [1.82, 2.24) is 5.32 Å². The summed E-state index contributed by atoms with van der Waals surface area (Å²) in [7, 11) is 1.60. The highest BCUT2D eigenvalue weighted by Gasteiger charge is 2.24. The van der Waals surface area contributed by atoms with Crippen LogP contribution in [0.4, 0.5) is 5.69 Å². The fraction of sp³-hybridized carbons (Fsp3) is 0.154. The van der Waals surface area contributed by atoms with E-state index < -0.39 is 0 Å². The Labute approximate surface area is 206 Å². The number of aryl methyl sites for hydroxylation is 1. The molecule has 0 spiro atoms. The molecule has 7 heteroatoms. The lowest BCUT2D eigenvalue weighted by atomic mass is 10.1. The molecule has 0 aliphatic carbocycles. The van der Waals surface area contributed by atoms with Crippen molar-refractivity contribution in [1.29, 1.82) is 0 Å². The van der Waals surface area contributed by atoms with Crippen molar-refractivity contribution in [2.24, 2.45) is 4.99 Å². The van der Waals surface area contributed by atoms with Crippen molar-refractivity contribution < 1.29 is 14.3 Å². The van der Waals surface area contributed by atoms with E-state index in [1.165, 1.54) is 17.3 Å². The summed E-state index contributed by atoms with van der Waals surface area (Å²) in [6.07, 6.45) is 2.79. The molecule has 0 atom stereocenters. The molecule has 1 heterocycles. The molecule has 168 valence electrons. The van der Waals surface area contributed by atoms with E-state index in [-0.39, 0.29) is 5.91 Å². The standard InChI is InChI=1S/C26H23BrN2O3S/c1-3-17-9-11-20(12-10-17)28-26-29-25(30)23(33-26)15-19-13-21(27)24(22(14-19)31-2)32-16-18-7-5-4-6-8-18/h4-15H,3,16H2,1-2H3,(H,28,29,30)/b23-15-. The maximum Gasteiger partial charge on any atom is 0.264 e. The zero-order valence-corrected chi connectivity index (χ0v) is 20.7. The number of hydrogen-bond donors (Lipinski definition) is 1. The third-order valence-corrected chi connectivity index (χ3v) is 6.50. The lowest BCUT2D eigenvalue weighted by Crippen LogP contribution is -2.19. The zero-order valence-electron chi connectivity index (χ0n) is 18.3. The van der Waals surface area contributed by atoms with Gasteiger partial charge < -0.3 is 14.8 Å². The lowest BCUT2D eigenvalue weighted by molar-refractivity contribution is -0.115. The van der Waals surface area contributed by atoms with Crippen LogP contribution >= 0.6 is 27.7 Å². The summed E-state index contributed by atoms with van der Waals surface area (Å²) in [5.41, 5.74) is 3.93. The summed E-state index contributed by atoms with van der Waals surface area (Å²) in [6, 6.07) is 21.7. The van der Waals surface area contributed by atoms with E-state index in [4.69, 9.17) is 9.47 Å². The van der Waals surface area contributed by atoms with Crippen LogP contribution in [0.15, 0.2) is 81.1 Å². The van der Waals surface area contributed by atoms with Gasteiger partial charge in [-0.1, -0.05) is 49.4 Å². The van der Waals surface area contributed by atoms with Gasteiger partial charge in [0.1, 0.15) is 6.61 Å². The number of carbonyl (C=O) groups is 1. The van der Waals surface area contributed by atoms with Gasteiger partial charge in [-0.15, -0.1) is 0 Å². The van der Waals surface area contributed by atoms with Gasteiger partial charge in [0.2, 0.25) is 0 Å². The first-order valence-corrected chi connectivity index (χ1v) is 12.1. The van der Waals surface area contributed by atoms with E-state index in [2.05, 4.69) is 33.2 Å². The van der Waals surface area contributed by atoms with Gasteiger partial charge >= 0.3 is 0 Å². The summed E-state index contributed by atoms with van der Waals surface area (Å²) in [5.74, 6) is 1.02. The van der Waals surface area contributed by atoms with E-state index in [1.54, 1.807) is 7.11 Å². The molecule has 5 nitrogen and oxygen atoms in total. The van der Waals surface area contributed by atoms with Crippen molar-refractivity contribution in [3.05, 3.63) is 92.8 Å². The van der Waals surface area contributed by atoms with Crippen LogP contribution in [0.25, 0.3) is 6.08 Å². The number of hydrogen-bond acceptors (Lipinski definition) is 5. The Hall–Kier alpha value is -3.03. The predicted octanol–water partition coefficient (Wildman–Crippen LogP) is 6.49. The minimum absolute atomic E-state index is 0.177. The number of nitrogens with zero attached hydrogens (tertiary/aromatic N) is 1. The molecule has 3 aromatic carbocycles. The number of methoxy groups -OCH3 is 1. The molecule has 3 aromatic rings. The molecule has 0 aromatic heterocycles. The van der Waals surface area contributed by atoms with Crippen LogP contribution in [0.3, 0.4) is 0 Å². The Morgan fingerprint density at radius 2 is 1.82 bits per heavy atom. The zero-order chi connectivity index (χ0) is 23.2. The van der Waals surface area contributed by atoms with E-state index in [0.29, 0.717) is 28.2 Å². The molecule has 1 aliphatic heterocycles. The third kappa shape index (κ3) is 5.86. The van der Waals surface area contributed by atoms with E-state index in [1.807, 2.05) is 72.8 Å². The quantitative estimate of drug-likeness (QED) is 0.360. The second-order valence-corrected chi connectivity index (χ2v) is 9.20. The Balaban J connectivity index is 1.52. The predicted molar refractivity (Wildman–Crippen MR) is 138 cm³/mol. The average Bonchev–Trinajstić information content (AvgIpc) is 3.17. The van der Waals surface area contributed by atoms with Gasteiger partial charge in [-0.3, -0.25) is 4.79 Å². The Kier molecular flexibility index (Phi) is 7.52. The first-order chi connectivity index (χ1) is 16.1. The number of carbonyl (C=O) groups excluding carboxylic acids is 1. The number of ether oxygens (including phenoxy) is 2. The van der Waals surface area contributed by atoms with Gasteiger partial charge in [0.15, 0.2) is 16.7 Å². The minimum Gasteiger partial charge on any atom is -0.493 e. The van der Waals surface area contributed by atoms with Crippen molar-refractivity contribution in [3.63, 3.8) is 0 Å². The van der Waals surface area contributed by atoms with Gasteiger partial charge in [-0.05, 0) is 81.1 Å². The highest BCUT2D eigenvalue weighted by molar-refractivity contribution is 9.10. The first kappa shape index (κ1) is 23.1. The second kappa shape index (κ2) is 10.7. The number of benzene rings is 3. The highest BCUT2D eigenvalue weighted by Crippen LogP contribution is 2.38. The molecule has 1 aliphatic rings. The van der Waals surface area contributed by atoms with Crippen LogP contribution in [0.5, 0.6) is 11.5 Å². The molecule has 1 saturated heterocycles. The number of halogens is 1. The van der Waals surface area contributed by atoms with Gasteiger partial charge in [0.05, 0.1) is 22.2 Å². The van der Waals surface area contributed by atoms with E-state index in [0.717, 1.165) is 27.7 Å². The van der Waals surface area contributed by atoms with E-state index in [9.17, 15) is 4.79 Å². The van der Waals surface area contributed by atoms with E-state index >= 15 is 0 Å². The fourth-order valence-corrected chi connectivity index (χ4v) is 4.66. The molecule has 0 saturated carbocycles. The number of aliphatic imine (C=N–C) groups is 1. The summed E-state index contributed by atoms with van der Waals surface area (Å²) in [6.45, 7) is 2.54. The number of amidine groups is 1. The van der Waals surface area contributed by atoms with Crippen molar-refractivity contribution >= 4 is 50.5 Å². The van der Waals surface area contributed by atoms with Gasteiger partial charge in [-0.2, -0.15) is 0 Å². The number of rotatable bonds is 7. The molecular weight excluding hydrogens is 500 g/mol. The maximum absolute atomic E-state index is 12.5. The molecule has 33 heavy (non-hydrogen) atoms. The number of thioether (sulfide) groups is 1.